The van der Waals surface area contributed by atoms with Crippen LogP contribution in [0.25, 0.3) is 0 Å². The van der Waals surface area contributed by atoms with E-state index < -0.39 is 21.8 Å². The standard InChI is InChI=1S/C19H21FN2O3S/c1-14(13-26(24,25)21-18-8-4-7-17(20)11-18)19(23)22-10-9-15-5-2-3-6-16(15)12-22/h2-8,11,14,21H,9-10,12-13H2,1H3. The van der Waals surface area contributed by atoms with E-state index >= 15 is 0 Å². The Morgan fingerprint density at radius 3 is 2.65 bits per heavy atom. The summed E-state index contributed by atoms with van der Waals surface area (Å²) in [6.45, 7) is 2.68. The van der Waals surface area contributed by atoms with Gasteiger partial charge in [0.25, 0.3) is 0 Å². The lowest BCUT2D eigenvalue weighted by Gasteiger charge is -2.31. The average molecular weight is 376 g/mol. The van der Waals surface area contributed by atoms with E-state index in [1.807, 2.05) is 24.3 Å². The van der Waals surface area contributed by atoms with Crippen molar-refractivity contribution in [2.45, 2.75) is 19.9 Å². The SMILES string of the molecule is CC(CS(=O)(=O)Nc1cccc(F)c1)C(=O)N1CCc2ccccc2C1. The molecule has 1 amide bonds. The van der Waals surface area contributed by atoms with Gasteiger partial charge in [-0.1, -0.05) is 37.3 Å². The molecule has 0 aromatic heterocycles. The number of sulfonamides is 1. The zero-order chi connectivity index (χ0) is 18.7. The summed E-state index contributed by atoms with van der Waals surface area (Å²) in [4.78, 5) is 14.4. The van der Waals surface area contributed by atoms with Crippen molar-refractivity contribution in [2.24, 2.45) is 5.92 Å². The van der Waals surface area contributed by atoms with Gasteiger partial charge in [0, 0.05) is 13.1 Å². The summed E-state index contributed by atoms with van der Waals surface area (Å²) < 4.78 is 40.1. The smallest absolute Gasteiger partial charge is 0.233 e. The summed E-state index contributed by atoms with van der Waals surface area (Å²) in [5.41, 5.74) is 2.47. The molecule has 5 nitrogen and oxygen atoms in total. The molecule has 1 atom stereocenters. The Hall–Kier alpha value is -2.41. The molecule has 0 bridgehead atoms. The Morgan fingerprint density at radius 1 is 1.19 bits per heavy atom. The van der Waals surface area contributed by atoms with Crippen molar-refractivity contribution in [1.29, 1.82) is 0 Å². The summed E-state index contributed by atoms with van der Waals surface area (Å²) in [7, 11) is -3.76. The average Bonchev–Trinajstić information content (AvgIpc) is 2.59. The number of hydrogen-bond acceptors (Lipinski definition) is 3. The molecule has 0 saturated heterocycles. The highest BCUT2D eigenvalue weighted by Gasteiger charge is 2.28. The minimum atomic E-state index is -3.76. The lowest BCUT2D eigenvalue weighted by molar-refractivity contribution is -0.135. The van der Waals surface area contributed by atoms with Crippen LogP contribution in [-0.4, -0.2) is 31.5 Å². The van der Waals surface area contributed by atoms with Gasteiger partial charge in [0.15, 0.2) is 0 Å². The molecule has 0 radical (unpaired) electrons. The normalized spacial score (nSPS) is 15.2. The van der Waals surface area contributed by atoms with Crippen molar-refractivity contribution < 1.29 is 17.6 Å². The molecule has 1 unspecified atom stereocenters. The first-order valence-electron chi connectivity index (χ1n) is 8.46. The molecule has 0 spiro atoms. The maximum absolute atomic E-state index is 13.2. The largest absolute Gasteiger partial charge is 0.338 e. The molecule has 1 heterocycles. The van der Waals surface area contributed by atoms with Crippen LogP contribution >= 0.6 is 0 Å². The van der Waals surface area contributed by atoms with Crippen molar-refractivity contribution in [3.63, 3.8) is 0 Å². The van der Waals surface area contributed by atoms with Gasteiger partial charge < -0.3 is 4.90 Å². The van der Waals surface area contributed by atoms with Crippen molar-refractivity contribution >= 4 is 21.6 Å². The Balaban J connectivity index is 1.64. The predicted molar refractivity (Wildman–Crippen MR) is 98.5 cm³/mol. The third kappa shape index (κ3) is 4.40. The molecule has 138 valence electrons. The van der Waals surface area contributed by atoms with Crippen LogP contribution in [-0.2, 0) is 27.8 Å². The molecule has 2 aromatic carbocycles. The van der Waals surface area contributed by atoms with E-state index in [-0.39, 0.29) is 17.3 Å². The number of fused-ring (bicyclic) bond motifs is 1. The van der Waals surface area contributed by atoms with Gasteiger partial charge in [-0.3, -0.25) is 9.52 Å². The first-order chi connectivity index (χ1) is 12.3. The van der Waals surface area contributed by atoms with Crippen LogP contribution in [0, 0.1) is 11.7 Å². The van der Waals surface area contributed by atoms with Crippen molar-refractivity contribution in [2.75, 3.05) is 17.0 Å². The number of benzene rings is 2. The Morgan fingerprint density at radius 2 is 1.92 bits per heavy atom. The summed E-state index contributed by atoms with van der Waals surface area (Å²) >= 11 is 0. The number of carbonyl (C=O) groups is 1. The number of halogens is 1. The highest BCUT2D eigenvalue weighted by Crippen LogP contribution is 2.21. The second-order valence-corrected chi connectivity index (χ2v) is 8.34. The molecule has 0 saturated carbocycles. The Bertz CT molecular complexity index is 915. The summed E-state index contributed by atoms with van der Waals surface area (Å²) in [5.74, 6) is -1.75. The number of amides is 1. The van der Waals surface area contributed by atoms with Gasteiger partial charge in [0.2, 0.25) is 15.9 Å². The first-order valence-corrected chi connectivity index (χ1v) is 10.1. The molecule has 0 aliphatic carbocycles. The number of rotatable bonds is 5. The predicted octanol–water partition coefficient (Wildman–Crippen LogP) is 2.79. The van der Waals surface area contributed by atoms with Crippen LogP contribution in [0.4, 0.5) is 10.1 Å². The van der Waals surface area contributed by atoms with Gasteiger partial charge in [0.1, 0.15) is 5.82 Å². The minimum Gasteiger partial charge on any atom is -0.338 e. The molecule has 26 heavy (non-hydrogen) atoms. The summed E-state index contributed by atoms with van der Waals surface area (Å²) in [5, 5.41) is 0. The zero-order valence-electron chi connectivity index (χ0n) is 14.5. The van der Waals surface area contributed by atoms with Crippen LogP contribution in [0.1, 0.15) is 18.1 Å². The van der Waals surface area contributed by atoms with Crippen LogP contribution < -0.4 is 4.72 Å². The van der Waals surface area contributed by atoms with Crippen LogP contribution in [0.3, 0.4) is 0 Å². The van der Waals surface area contributed by atoms with Gasteiger partial charge in [-0.15, -0.1) is 0 Å². The summed E-state index contributed by atoms with van der Waals surface area (Å²) in [6, 6.07) is 13.2. The van der Waals surface area contributed by atoms with E-state index in [1.165, 1.54) is 23.8 Å². The van der Waals surface area contributed by atoms with E-state index in [0.29, 0.717) is 13.1 Å². The Kier molecular flexibility index (Phi) is 5.27. The number of anilines is 1. The topological polar surface area (TPSA) is 66.5 Å². The monoisotopic (exact) mass is 376 g/mol. The van der Waals surface area contributed by atoms with Gasteiger partial charge in [-0.2, -0.15) is 0 Å². The summed E-state index contributed by atoms with van der Waals surface area (Å²) in [6.07, 6.45) is 0.767. The number of hydrogen-bond donors (Lipinski definition) is 1. The second kappa shape index (κ2) is 7.45. The molecule has 1 N–H and O–H groups in total. The molecule has 2 aromatic rings. The lowest BCUT2D eigenvalue weighted by Crippen LogP contribution is -2.41. The fourth-order valence-electron chi connectivity index (χ4n) is 3.17. The van der Waals surface area contributed by atoms with E-state index in [4.69, 9.17) is 0 Å². The molecular weight excluding hydrogens is 355 g/mol. The van der Waals surface area contributed by atoms with Crippen LogP contribution in [0.2, 0.25) is 0 Å². The number of nitrogens with zero attached hydrogens (tertiary/aromatic N) is 1. The molecule has 7 heteroatoms. The van der Waals surface area contributed by atoms with Gasteiger partial charge in [-0.25, -0.2) is 12.8 Å². The first kappa shape index (κ1) is 18.4. The molecule has 0 fully saturated rings. The lowest BCUT2D eigenvalue weighted by atomic mass is 9.99. The fraction of sp³-hybridized carbons (Fsp3) is 0.316. The van der Waals surface area contributed by atoms with Gasteiger partial charge >= 0.3 is 0 Å². The third-order valence-corrected chi connectivity index (χ3v) is 5.92. The Labute approximate surface area is 152 Å². The van der Waals surface area contributed by atoms with Crippen LogP contribution in [0.15, 0.2) is 48.5 Å². The quantitative estimate of drug-likeness (QED) is 0.873. The zero-order valence-corrected chi connectivity index (χ0v) is 15.3. The van der Waals surface area contributed by atoms with Gasteiger partial charge in [-0.05, 0) is 35.7 Å². The van der Waals surface area contributed by atoms with Crippen molar-refractivity contribution in [3.8, 4) is 0 Å². The van der Waals surface area contributed by atoms with Crippen molar-refractivity contribution in [1.82, 2.24) is 4.90 Å². The highest BCUT2D eigenvalue weighted by molar-refractivity contribution is 7.92. The van der Waals surface area contributed by atoms with Crippen LogP contribution in [0.5, 0.6) is 0 Å². The maximum Gasteiger partial charge on any atom is 0.233 e. The molecule has 1 aliphatic heterocycles. The molecule has 1 aliphatic rings. The second-order valence-electron chi connectivity index (χ2n) is 6.57. The van der Waals surface area contributed by atoms with Gasteiger partial charge in [0.05, 0.1) is 17.4 Å². The third-order valence-electron chi connectivity index (χ3n) is 4.43. The number of carbonyl (C=O) groups excluding carboxylic acids is 1. The maximum atomic E-state index is 13.2. The highest BCUT2D eigenvalue weighted by atomic mass is 32.2. The van der Waals surface area contributed by atoms with E-state index in [0.717, 1.165) is 18.1 Å². The number of nitrogens with one attached hydrogen (secondary N) is 1. The van der Waals surface area contributed by atoms with E-state index in [2.05, 4.69) is 4.72 Å². The minimum absolute atomic E-state index is 0.150. The van der Waals surface area contributed by atoms with E-state index in [1.54, 1.807) is 11.8 Å². The van der Waals surface area contributed by atoms with E-state index in [9.17, 15) is 17.6 Å². The fourth-order valence-corrected chi connectivity index (χ4v) is 4.54. The molecular formula is C19H21FN2O3S. The molecule has 3 rings (SSSR count). The van der Waals surface area contributed by atoms with Crippen molar-refractivity contribution in [3.05, 3.63) is 65.5 Å².